The van der Waals surface area contributed by atoms with Gasteiger partial charge in [0.05, 0.1) is 12.5 Å². The van der Waals surface area contributed by atoms with Crippen molar-refractivity contribution >= 4 is 16.2 Å². The molecule has 1 saturated carbocycles. The predicted octanol–water partition coefficient (Wildman–Crippen LogP) is -0.686. The molecule has 7 nitrogen and oxygen atoms in total. The van der Waals surface area contributed by atoms with Gasteiger partial charge in [-0.1, -0.05) is 0 Å². The molecule has 3 rings (SSSR count). The summed E-state index contributed by atoms with van der Waals surface area (Å²) in [4.78, 5) is 11.8. The fourth-order valence-electron chi connectivity index (χ4n) is 3.45. The molecule has 2 heterocycles. The Hall–Kier alpha value is -0.700. The first-order valence-corrected chi connectivity index (χ1v) is 9.11. The average Bonchev–Trinajstić information content (AvgIpc) is 2.89. The fourth-order valence-corrected chi connectivity index (χ4v) is 5.04. The number of fused-ring (bicyclic) bond motifs is 1. The zero-order valence-electron chi connectivity index (χ0n) is 12.2. The zero-order chi connectivity index (χ0) is 15.0. The van der Waals surface area contributed by atoms with Crippen LogP contribution in [0.4, 0.5) is 0 Å². The Kier molecular flexibility index (Phi) is 4.22. The van der Waals surface area contributed by atoms with E-state index >= 15 is 0 Å². The second-order valence-electron chi connectivity index (χ2n) is 6.08. The molecule has 2 aliphatic heterocycles. The Morgan fingerprint density at radius 3 is 2.76 bits per heavy atom. The number of piperidine rings is 2. The molecule has 8 heteroatoms. The first kappa shape index (κ1) is 15.2. The highest BCUT2D eigenvalue weighted by Crippen LogP contribution is 2.42. The van der Waals surface area contributed by atoms with E-state index in [-0.39, 0.29) is 24.5 Å². The minimum Gasteiger partial charge on any atom is -0.466 e. The van der Waals surface area contributed by atoms with Crippen LogP contribution in [0.25, 0.3) is 0 Å². The van der Waals surface area contributed by atoms with Crippen LogP contribution in [0.1, 0.15) is 19.8 Å². The maximum Gasteiger partial charge on any atom is 0.310 e. The summed E-state index contributed by atoms with van der Waals surface area (Å²) >= 11 is 0. The number of carbonyl (C=O) groups is 1. The maximum absolute atomic E-state index is 12.4. The summed E-state index contributed by atoms with van der Waals surface area (Å²) in [7, 11) is -3.50. The molecule has 3 fully saturated rings. The summed E-state index contributed by atoms with van der Waals surface area (Å²) in [6.07, 6.45) is 1.40. The van der Waals surface area contributed by atoms with Crippen LogP contribution in [0.5, 0.6) is 0 Å². The normalized spacial score (nSPS) is 36.2. The number of hydrogen-bond acceptors (Lipinski definition) is 5. The number of rotatable bonds is 5. The maximum atomic E-state index is 12.4. The van der Waals surface area contributed by atoms with Gasteiger partial charge in [-0.05, 0) is 44.7 Å². The SMILES string of the molecule is CCOC(=O)C1CCCN(S(=O)(=O)NC2C3CNCC32)C1. The number of nitrogens with one attached hydrogen (secondary N) is 2. The van der Waals surface area contributed by atoms with Gasteiger partial charge in [0.2, 0.25) is 0 Å². The van der Waals surface area contributed by atoms with Crippen LogP contribution in [0.15, 0.2) is 0 Å². The molecule has 3 aliphatic rings. The summed E-state index contributed by atoms with van der Waals surface area (Å²) in [5.41, 5.74) is 0. The molecule has 3 atom stereocenters. The Morgan fingerprint density at radius 2 is 2.10 bits per heavy atom. The third-order valence-electron chi connectivity index (χ3n) is 4.72. The van der Waals surface area contributed by atoms with Crippen molar-refractivity contribution in [3.05, 3.63) is 0 Å². The van der Waals surface area contributed by atoms with Gasteiger partial charge >= 0.3 is 5.97 Å². The Balaban J connectivity index is 1.58. The molecule has 0 amide bonds. The summed E-state index contributed by atoms with van der Waals surface area (Å²) in [6.45, 7) is 4.59. The third kappa shape index (κ3) is 3.08. The average molecular weight is 317 g/mol. The van der Waals surface area contributed by atoms with Crippen LogP contribution >= 0.6 is 0 Å². The number of nitrogens with zero attached hydrogens (tertiary/aromatic N) is 1. The number of carbonyl (C=O) groups excluding carboxylic acids is 1. The molecule has 0 aromatic heterocycles. The molecule has 2 N–H and O–H groups in total. The van der Waals surface area contributed by atoms with E-state index < -0.39 is 10.2 Å². The van der Waals surface area contributed by atoms with Crippen LogP contribution in [-0.4, -0.2) is 57.5 Å². The van der Waals surface area contributed by atoms with Crippen LogP contribution in [0, 0.1) is 17.8 Å². The number of ether oxygens (including phenoxy) is 1. The summed E-state index contributed by atoms with van der Waals surface area (Å²) in [5.74, 6) is 0.247. The van der Waals surface area contributed by atoms with E-state index in [1.165, 1.54) is 4.31 Å². The second kappa shape index (κ2) is 5.83. The van der Waals surface area contributed by atoms with Crippen molar-refractivity contribution in [2.75, 3.05) is 32.8 Å². The molecule has 0 aromatic rings. The predicted molar refractivity (Wildman–Crippen MR) is 76.6 cm³/mol. The number of hydrogen-bond donors (Lipinski definition) is 2. The summed E-state index contributed by atoms with van der Waals surface area (Å²) in [5, 5.41) is 3.24. The molecular weight excluding hydrogens is 294 g/mol. The molecule has 0 aromatic carbocycles. The third-order valence-corrected chi connectivity index (χ3v) is 6.30. The van der Waals surface area contributed by atoms with Crippen molar-refractivity contribution in [1.82, 2.24) is 14.3 Å². The van der Waals surface area contributed by atoms with Crippen molar-refractivity contribution in [2.45, 2.75) is 25.8 Å². The lowest BCUT2D eigenvalue weighted by atomic mass is 10.0. The van der Waals surface area contributed by atoms with Gasteiger partial charge in [-0.15, -0.1) is 0 Å². The van der Waals surface area contributed by atoms with Crippen molar-refractivity contribution in [3.8, 4) is 0 Å². The molecule has 0 bridgehead atoms. The fraction of sp³-hybridized carbons (Fsp3) is 0.923. The van der Waals surface area contributed by atoms with E-state index in [1.54, 1.807) is 6.92 Å². The minimum absolute atomic E-state index is 0.0687. The van der Waals surface area contributed by atoms with Crippen LogP contribution in [0.2, 0.25) is 0 Å². The van der Waals surface area contributed by atoms with Gasteiger partial charge in [0, 0.05) is 19.1 Å². The summed E-state index contributed by atoms with van der Waals surface area (Å²) in [6, 6.07) is 0.0687. The summed E-state index contributed by atoms with van der Waals surface area (Å²) < 4.78 is 34.1. The Labute approximate surface area is 125 Å². The zero-order valence-corrected chi connectivity index (χ0v) is 13.1. The monoisotopic (exact) mass is 317 g/mol. The topological polar surface area (TPSA) is 87.7 Å². The van der Waals surface area contributed by atoms with Gasteiger partial charge in [-0.3, -0.25) is 4.79 Å². The van der Waals surface area contributed by atoms with Crippen molar-refractivity contribution in [2.24, 2.45) is 17.8 Å². The van der Waals surface area contributed by atoms with E-state index in [4.69, 9.17) is 4.74 Å². The molecule has 0 spiro atoms. The van der Waals surface area contributed by atoms with E-state index in [1.807, 2.05) is 0 Å². The van der Waals surface area contributed by atoms with E-state index in [9.17, 15) is 13.2 Å². The lowest BCUT2D eigenvalue weighted by Gasteiger charge is -2.30. The van der Waals surface area contributed by atoms with E-state index in [0.29, 0.717) is 37.8 Å². The Bertz CT molecular complexity index is 500. The molecule has 21 heavy (non-hydrogen) atoms. The highest BCUT2D eigenvalue weighted by Gasteiger charge is 2.55. The van der Waals surface area contributed by atoms with Crippen molar-refractivity contribution in [1.29, 1.82) is 0 Å². The number of esters is 1. The van der Waals surface area contributed by atoms with E-state index in [0.717, 1.165) is 13.1 Å². The lowest BCUT2D eigenvalue weighted by Crippen LogP contribution is -2.49. The van der Waals surface area contributed by atoms with Gasteiger partial charge in [-0.25, -0.2) is 0 Å². The molecule has 0 radical (unpaired) electrons. The van der Waals surface area contributed by atoms with Crippen molar-refractivity contribution < 1.29 is 17.9 Å². The van der Waals surface area contributed by atoms with Crippen LogP contribution in [-0.2, 0) is 19.7 Å². The van der Waals surface area contributed by atoms with Gasteiger partial charge < -0.3 is 10.1 Å². The standard InChI is InChI=1S/C13H23N3O4S/c1-2-20-13(17)9-4-3-5-16(8-9)21(18,19)15-12-10-6-14-7-11(10)12/h9-12,14-15H,2-8H2,1H3. The smallest absolute Gasteiger partial charge is 0.310 e. The van der Waals surface area contributed by atoms with E-state index in [2.05, 4.69) is 10.0 Å². The molecule has 1 aliphatic carbocycles. The first-order valence-electron chi connectivity index (χ1n) is 7.67. The van der Waals surface area contributed by atoms with Gasteiger partial charge in [0.25, 0.3) is 10.2 Å². The molecular formula is C13H23N3O4S. The molecule has 120 valence electrons. The van der Waals surface area contributed by atoms with Crippen LogP contribution in [0.3, 0.4) is 0 Å². The Morgan fingerprint density at radius 1 is 1.38 bits per heavy atom. The largest absolute Gasteiger partial charge is 0.466 e. The lowest BCUT2D eigenvalue weighted by molar-refractivity contribution is -0.149. The molecule has 2 saturated heterocycles. The van der Waals surface area contributed by atoms with Crippen molar-refractivity contribution in [3.63, 3.8) is 0 Å². The first-order chi connectivity index (χ1) is 10.0. The highest BCUT2D eigenvalue weighted by molar-refractivity contribution is 7.87. The highest BCUT2D eigenvalue weighted by atomic mass is 32.2. The van der Waals surface area contributed by atoms with Crippen LogP contribution < -0.4 is 10.0 Å². The van der Waals surface area contributed by atoms with Gasteiger partial charge in [0.1, 0.15) is 0 Å². The van der Waals surface area contributed by atoms with Gasteiger partial charge in [-0.2, -0.15) is 17.4 Å². The van der Waals surface area contributed by atoms with Gasteiger partial charge in [0.15, 0.2) is 0 Å². The quantitative estimate of drug-likeness (QED) is 0.656. The molecule has 3 unspecified atom stereocenters. The second-order valence-corrected chi connectivity index (χ2v) is 7.79. The minimum atomic E-state index is -3.50.